The Kier molecular flexibility index (Phi) is 4.40. The number of nitrogen functional groups attached to an aromatic ring is 1. The second-order valence-electron chi connectivity index (χ2n) is 4.45. The highest BCUT2D eigenvalue weighted by molar-refractivity contribution is 7.89. The van der Waals surface area contributed by atoms with E-state index in [0.717, 1.165) is 19.4 Å². The molecule has 110 valence electrons. The van der Waals surface area contributed by atoms with Gasteiger partial charge in [-0.15, -0.1) is 0 Å². The smallest absolute Gasteiger partial charge is 0.260 e. The number of nitrogens with zero attached hydrogens (tertiary/aromatic N) is 4. The van der Waals surface area contributed by atoms with Gasteiger partial charge >= 0.3 is 0 Å². The first-order valence-corrected chi connectivity index (χ1v) is 7.71. The fraction of sp³-hybridized carbons (Fsp3) is 0.455. The van der Waals surface area contributed by atoms with Gasteiger partial charge in [-0.1, -0.05) is 0 Å². The zero-order chi connectivity index (χ0) is 14.6. The molecule has 0 bridgehead atoms. The molecule has 2 aromatic heterocycles. The molecule has 0 saturated heterocycles. The van der Waals surface area contributed by atoms with Crippen LogP contribution in [-0.2, 0) is 23.6 Å². The van der Waals surface area contributed by atoms with Crippen LogP contribution in [0.5, 0.6) is 0 Å². The first kappa shape index (κ1) is 14.5. The van der Waals surface area contributed by atoms with Gasteiger partial charge in [0, 0.05) is 32.5 Å². The Morgan fingerprint density at radius 2 is 2.15 bits per heavy atom. The molecule has 8 nitrogen and oxygen atoms in total. The summed E-state index contributed by atoms with van der Waals surface area (Å²) in [5.41, 5.74) is 5.56. The van der Waals surface area contributed by atoms with Crippen molar-refractivity contribution in [3.63, 3.8) is 0 Å². The monoisotopic (exact) mass is 298 g/mol. The topological polar surface area (TPSA) is 108 Å². The normalized spacial score (nSPS) is 11.8. The lowest BCUT2D eigenvalue weighted by Crippen LogP contribution is -2.27. The fourth-order valence-corrected chi connectivity index (χ4v) is 3.18. The van der Waals surface area contributed by atoms with Gasteiger partial charge in [-0.2, -0.15) is 0 Å². The Morgan fingerprint density at radius 1 is 1.35 bits per heavy atom. The molecule has 0 unspecified atom stereocenters. The molecule has 0 aliphatic rings. The summed E-state index contributed by atoms with van der Waals surface area (Å²) < 4.78 is 30.0. The van der Waals surface area contributed by atoms with Gasteiger partial charge < -0.3 is 14.9 Å². The van der Waals surface area contributed by atoms with Gasteiger partial charge in [0.1, 0.15) is 0 Å². The number of aromatic nitrogens is 4. The maximum atomic E-state index is 12.1. The molecule has 20 heavy (non-hydrogen) atoms. The number of sulfonamides is 1. The number of nitrogens with two attached hydrogens (primary N) is 1. The van der Waals surface area contributed by atoms with Crippen molar-refractivity contribution in [3.8, 4) is 0 Å². The zero-order valence-electron chi connectivity index (χ0n) is 11.2. The lowest BCUT2D eigenvalue weighted by Gasteiger charge is -2.08. The Labute approximate surface area is 117 Å². The van der Waals surface area contributed by atoms with E-state index in [4.69, 9.17) is 5.73 Å². The Hall–Kier alpha value is -1.87. The second-order valence-corrected chi connectivity index (χ2v) is 6.13. The number of anilines is 1. The van der Waals surface area contributed by atoms with Crippen molar-refractivity contribution in [3.05, 3.63) is 25.0 Å². The summed E-state index contributed by atoms with van der Waals surface area (Å²) in [7, 11) is -2.01. The number of hydrogen-bond acceptors (Lipinski definition) is 5. The molecule has 9 heteroatoms. The molecule has 0 aromatic carbocycles. The molecule has 0 atom stereocenters. The average molecular weight is 298 g/mol. The number of unbranched alkanes of at least 4 members (excludes halogenated alkanes) is 1. The van der Waals surface area contributed by atoms with Crippen LogP contribution in [0.4, 0.5) is 5.82 Å². The molecule has 0 saturated carbocycles. The van der Waals surface area contributed by atoms with Crippen LogP contribution in [0, 0.1) is 0 Å². The van der Waals surface area contributed by atoms with E-state index in [2.05, 4.69) is 14.7 Å². The van der Waals surface area contributed by atoms with Gasteiger partial charge in [0.15, 0.2) is 10.8 Å². The summed E-state index contributed by atoms with van der Waals surface area (Å²) in [5.74, 6) is 0.0124. The quantitative estimate of drug-likeness (QED) is 0.697. The van der Waals surface area contributed by atoms with Gasteiger partial charge in [-0.3, -0.25) is 0 Å². The molecule has 2 rings (SSSR count). The number of hydrogen-bond donors (Lipinski definition) is 2. The number of imidazole rings is 2. The molecule has 2 heterocycles. The van der Waals surface area contributed by atoms with Crippen LogP contribution in [0.15, 0.2) is 30.1 Å². The third-order valence-corrected chi connectivity index (χ3v) is 4.45. The summed E-state index contributed by atoms with van der Waals surface area (Å²) in [6.07, 6.45) is 8.30. The predicted molar refractivity (Wildman–Crippen MR) is 74.3 cm³/mol. The maximum absolute atomic E-state index is 12.1. The zero-order valence-corrected chi connectivity index (χ0v) is 12.0. The van der Waals surface area contributed by atoms with Crippen molar-refractivity contribution >= 4 is 15.8 Å². The van der Waals surface area contributed by atoms with Crippen LogP contribution in [0.2, 0.25) is 0 Å². The average Bonchev–Trinajstić information content (AvgIpc) is 2.99. The Balaban J connectivity index is 1.81. The summed E-state index contributed by atoms with van der Waals surface area (Å²) in [6.45, 7) is 1.18. The standard InChI is InChI=1S/C11H18N6O2S/c1-16-9-14-10(12)11(16)20(18,19)15-4-2-3-6-17-7-5-13-8-17/h5,7-9,15H,2-4,6,12H2,1H3. The van der Waals surface area contributed by atoms with E-state index in [9.17, 15) is 8.42 Å². The van der Waals surface area contributed by atoms with E-state index >= 15 is 0 Å². The Morgan fingerprint density at radius 3 is 2.75 bits per heavy atom. The van der Waals surface area contributed by atoms with Crippen LogP contribution in [-0.4, -0.2) is 34.1 Å². The van der Waals surface area contributed by atoms with Crippen LogP contribution in [0.1, 0.15) is 12.8 Å². The second kappa shape index (κ2) is 6.06. The van der Waals surface area contributed by atoms with Crippen molar-refractivity contribution < 1.29 is 8.42 Å². The number of rotatable bonds is 7. The molecule has 0 aliphatic carbocycles. The number of nitrogens with one attached hydrogen (secondary N) is 1. The largest absolute Gasteiger partial charge is 0.381 e. The molecule has 0 aliphatic heterocycles. The highest BCUT2D eigenvalue weighted by Crippen LogP contribution is 2.14. The summed E-state index contributed by atoms with van der Waals surface area (Å²) >= 11 is 0. The lowest BCUT2D eigenvalue weighted by atomic mass is 10.3. The minimum Gasteiger partial charge on any atom is -0.381 e. The van der Waals surface area contributed by atoms with Crippen molar-refractivity contribution in [1.29, 1.82) is 0 Å². The van der Waals surface area contributed by atoms with Gasteiger partial charge in [0.2, 0.25) is 0 Å². The SMILES string of the molecule is Cn1cnc(N)c1S(=O)(=O)NCCCCn1ccnc1. The van der Waals surface area contributed by atoms with E-state index in [1.54, 1.807) is 19.6 Å². The minimum atomic E-state index is -3.61. The molecule has 0 amide bonds. The van der Waals surface area contributed by atoms with E-state index in [-0.39, 0.29) is 10.8 Å². The molecular weight excluding hydrogens is 280 g/mol. The van der Waals surface area contributed by atoms with Crippen molar-refractivity contribution in [2.45, 2.75) is 24.4 Å². The highest BCUT2D eigenvalue weighted by Gasteiger charge is 2.21. The third-order valence-electron chi connectivity index (χ3n) is 2.86. The van der Waals surface area contributed by atoms with Gasteiger partial charge in [-0.05, 0) is 12.8 Å². The van der Waals surface area contributed by atoms with Crippen LogP contribution < -0.4 is 10.5 Å². The van der Waals surface area contributed by atoms with Crippen LogP contribution in [0.25, 0.3) is 0 Å². The molecule has 0 fully saturated rings. The third kappa shape index (κ3) is 3.36. The van der Waals surface area contributed by atoms with Crippen molar-refractivity contribution in [1.82, 2.24) is 23.8 Å². The van der Waals surface area contributed by atoms with Crippen LogP contribution >= 0.6 is 0 Å². The minimum absolute atomic E-state index is 0.00658. The molecule has 0 radical (unpaired) electrons. The van der Waals surface area contributed by atoms with Crippen molar-refractivity contribution in [2.75, 3.05) is 12.3 Å². The van der Waals surface area contributed by atoms with Gasteiger partial charge in [0.05, 0.1) is 12.7 Å². The maximum Gasteiger partial charge on any atom is 0.260 e. The summed E-state index contributed by atoms with van der Waals surface area (Å²) in [4.78, 5) is 7.71. The van der Waals surface area contributed by atoms with Crippen LogP contribution in [0.3, 0.4) is 0 Å². The summed E-state index contributed by atoms with van der Waals surface area (Å²) in [5, 5.41) is 0.00658. The molecule has 3 N–H and O–H groups in total. The van der Waals surface area contributed by atoms with E-state index in [0.29, 0.717) is 6.54 Å². The summed E-state index contributed by atoms with van der Waals surface area (Å²) in [6, 6.07) is 0. The predicted octanol–water partition coefficient (Wildman–Crippen LogP) is -0.0425. The number of aryl methyl sites for hydroxylation is 2. The Bertz CT molecular complexity index is 627. The fourth-order valence-electron chi connectivity index (χ4n) is 1.88. The lowest BCUT2D eigenvalue weighted by molar-refractivity contribution is 0.559. The van der Waals surface area contributed by atoms with Gasteiger partial charge in [0.25, 0.3) is 10.0 Å². The van der Waals surface area contributed by atoms with E-state index in [1.165, 1.54) is 10.9 Å². The van der Waals surface area contributed by atoms with Gasteiger partial charge in [-0.25, -0.2) is 23.1 Å². The molecule has 2 aromatic rings. The molecular formula is C11H18N6O2S. The first-order chi connectivity index (χ1) is 9.50. The van der Waals surface area contributed by atoms with Crippen molar-refractivity contribution in [2.24, 2.45) is 7.05 Å². The van der Waals surface area contributed by atoms with E-state index < -0.39 is 10.0 Å². The van der Waals surface area contributed by atoms with E-state index in [1.807, 2.05) is 10.8 Å². The first-order valence-electron chi connectivity index (χ1n) is 6.23. The molecule has 0 spiro atoms. The highest BCUT2D eigenvalue weighted by atomic mass is 32.2.